The predicted molar refractivity (Wildman–Crippen MR) is 113 cm³/mol. The minimum absolute atomic E-state index is 0.0351. The number of alkyl halides is 3. The summed E-state index contributed by atoms with van der Waals surface area (Å²) in [7, 11) is 0. The first-order valence-corrected chi connectivity index (χ1v) is 9.48. The number of nitrogens with one attached hydrogen (secondary N) is 1. The van der Waals surface area contributed by atoms with E-state index in [1.807, 2.05) is 11.5 Å². The molecule has 32 heavy (non-hydrogen) atoms. The number of benzene rings is 2. The van der Waals surface area contributed by atoms with Crippen LogP contribution in [0.25, 0.3) is 5.69 Å². The highest BCUT2D eigenvalue weighted by Crippen LogP contribution is 2.29. The Hall–Kier alpha value is -3.95. The van der Waals surface area contributed by atoms with Crippen molar-refractivity contribution < 1.29 is 22.9 Å². The van der Waals surface area contributed by atoms with Crippen LogP contribution >= 0.6 is 0 Å². The van der Waals surface area contributed by atoms with E-state index in [1.165, 1.54) is 30.5 Å². The van der Waals surface area contributed by atoms with Gasteiger partial charge in [0.1, 0.15) is 0 Å². The third-order valence-electron chi connectivity index (χ3n) is 4.78. The number of aryl methyl sites for hydroxylation is 1. The van der Waals surface area contributed by atoms with E-state index in [2.05, 4.69) is 10.5 Å². The number of rotatable bonds is 6. The molecular weight excluding hydrogens is 425 g/mol. The number of halogens is 3. The minimum Gasteiger partial charge on any atom is -0.318 e. The molecule has 10 heteroatoms. The molecule has 7 nitrogen and oxygen atoms in total. The van der Waals surface area contributed by atoms with Gasteiger partial charge in [0.05, 0.1) is 28.8 Å². The largest absolute Gasteiger partial charge is 0.416 e. The molecule has 0 fully saturated rings. The first-order valence-electron chi connectivity index (χ1n) is 9.48. The molecule has 0 atom stereocenters. The van der Waals surface area contributed by atoms with Gasteiger partial charge in [-0.05, 0) is 37.6 Å². The summed E-state index contributed by atoms with van der Waals surface area (Å²) in [6, 6.07) is 12.5. The monoisotopic (exact) mass is 444 g/mol. The Morgan fingerprint density at radius 2 is 1.88 bits per heavy atom. The minimum atomic E-state index is -4.48. The molecule has 0 aliphatic heterocycles. The quantitative estimate of drug-likeness (QED) is 0.339. The lowest BCUT2D eigenvalue weighted by molar-refractivity contribution is -0.384. The molecule has 1 N–H and O–H groups in total. The number of hydrazone groups is 1. The van der Waals surface area contributed by atoms with Crippen molar-refractivity contribution in [3.63, 3.8) is 0 Å². The topological polar surface area (TPSA) is 89.5 Å². The van der Waals surface area contributed by atoms with E-state index in [0.717, 1.165) is 23.5 Å². The van der Waals surface area contributed by atoms with Crippen LogP contribution in [0.5, 0.6) is 0 Å². The second kappa shape index (κ2) is 9.04. The van der Waals surface area contributed by atoms with Gasteiger partial charge in [-0.1, -0.05) is 24.3 Å². The van der Waals surface area contributed by atoms with Gasteiger partial charge in [-0.2, -0.15) is 18.3 Å². The van der Waals surface area contributed by atoms with E-state index in [1.54, 1.807) is 25.1 Å². The zero-order valence-corrected chi connectivity index (χ0v) is 17.2. The van der Waals surface area contributed by atoms with Gasteiger partial charge in [0.2, 0.25) is 5.91 Å². The molecular formula is C22H19F3N4O3. The van der Waals surface area contributed by atoms with E-state index in [-0.39, 0.29) is 17.7 Å². The van der Waals surface area contributed by atoms with Crippen molar-refractivity contribution >= 4 is 17.8 Å². The van der Waals surface area contributed by atoms with E-state index < -0.39 is 22.6 Å². The lowest BCUT2D eigenvalue weighted by atomic mass is 10.1. The van der Waals surface area contributed by atoms with Crippen LogP contribution < -0.4 is 5.43 Å². The molecule has 1 heterocycles. The number of aromatic nitrogens is 1. The maximum Gasteiger partial charge on any atom is 0.416 e. The summed E-state index contributed by atoms with van der Waals surface area (Å²) < 4.78 is 40.2. The van der Waals surface area contributed by atoms with Crippen LogP contribution in [0.2, 0.25) is 0 Å². The molecule has 0 spiro atoms. The zero-order chi connectivity index (χ0) is 23.5. The van der Waals surface area contributed by atoms with Gasteiger partial charge in [0.25, 0.3) is 5.69 Å². The van der Waals surface area contributed by atoms with Crippen LogP contribution in [0.3, 0.4) is 0 Å². The maximum atomic E-state index is 12.8. The zero-order valence-electron chi connectivity index (χ0n) is 17.2. The normalized spacial score (nSPS) is 11.7. The van der Waals surface area contributed by atoms with E-state index in [0.29, 0.717) is 11.3 Å². The Morgan fingerprint density at radius 3 is 2.56 bits per heavy atom. The Labute approximate surface area is 181 Å². The number of nitrogens with zero attached hydrogens (tertiary/aromatic N) is 3. The molecule has 0 aliphatic carbocycles. The molecule has 0 radical (unpaired) electrons. The second-order valence-electron chi connectivity index (χ2n) is 7.11. The Kier molecular flexibility index (Phi) is 6.42. The third kappa shape index (κ3) is 5.20. The number of nitro groups is 1. The number of hydrogen-bond donors (Lipinski definition) is 1. The Bertz CT molecular complexity index is 1200. The third-order valence-corrected chi connectivity index (χ3v) is 4.78. The lowest BCUT2D eigenvalue weighted by Crippen LogP contribution is -2.20. The van der Waals surface area contributed by atoms with Crippen LogP contribution in [0, 0.1) is 24.0 Å². The molecule has 0 saturated heterocycles. The van der Waals surface area contributed by atoms with Crippen molar-refractivity contribution in [2.75, 3.05) is 0 Å². The standard InChI is InChI=1S/C22H19F3N4O3/c1-14-9-17(15(2)28(14)19-7-4-8-20(12-19)29(31)32)13-26-27-21(30)11-16-5-3-6-18(10-16)22(23,24)25/h3-10,12-13H,11H2,1-2H3,(H,27,30)/b26-13+. The Balaban J connectivity index is 1.71. The molecule has 1 amide bonds. The lowest BCUT2D eigenvalue weighted by Gasteiger charge is -2.09. The smallest absolute Gasteiger partial charge is 0.318 e. The number of non-ortho nitro benzene ring substituents is 1. The number of nitro benzene ring substituents is 1. The Morgan fingerprint density at radius 1 is 1.16 bits per heavy atom. The average Bonchev–Trinajstić information content (AvgIpc) is 3.01. The van der Waals surface area contributed by atoms with Gasteiger partial charge in [0.15, 0.2) is 0 Å². The predicted octanol–water partition coefficient (Wildman–Crippen LogP) is 4.71. The maximum absolute atomic E-state index is 12.8. The SMILES string of the molecule is Cc1cc(/C=N/NC(=O)Cc2cccc(C(F)(F)F)c2)c(C)n1-c1cccc([N+](=O)[O-])c1. The fraction of sp³-hybridized carbons (Fsp3) is 0.182. The fourth-order valence-corrected chi connectivity index (χ4v) is 3.32. The number of amides is 1. The molecule has 0 unspecified atom stereocenters. The molecule has 0 saturated carbocycles. The fourth-order valence-electron chi connectivity index (χ4n) is 3.32. The van der Waals surface area contributed by atoms with Crippen molar-refractivity contribution in [1.29, 1.82) is 0 Å². The molecule has 166 valence electrons. The highest BCUT2D eigenvalue weighted by Gasteiger charge is 2.30. The van der Waals surface area contributed by atoms with Gasteiger partial charge in [-0.3, -0.25) is 14.9 Å². The van der Waals surface area contributed by atoms with Crippen LogP contribution in [-0.2, 0) is 17.4 Å². The summed E-state index contributed by atoms with van der Waals surface area (Å²) >= 11 is 0. The summed E-state index contributed by atoms with van der Waals surface area (Å²) in [6.07, 6.45) is -3.32. The van der Waals surface area contributed by atoms with E-state index in [9.17, 15) is 28.1 Å². The summed E-state index contributed by atoms with van der Waals surface area (Å²) in [5, 5.41) is 14.9. The number of carbonyl (C=O) groups excluding carboxylic acids is 1. The first kappa shape index (κ1) is 22.7. The van der Waals surface area contributed by atoms with Crippen molar-refractivity contribution in [3.8, 4) is 5.69 Å². The number of carbonyl (C=O) groups is 1. The van der Waals surface area contributed by atoms with Gasteiger partial charge in [-0.25, -0.2) is 5.43 Å². The summed E-state index contributed by atoms with van der Waals surface area (Å²) in [6.45, 7) is 3.63. The molecule has 2 aromatic carbocycles. The van der Waals surface area contributed by atoms with Crippen LogP contribution in [-0.4, -0.2) is 21.6 Å². The van der Waals surface area contributed by atoms with Crippen LogP contribution in [0.1, 0.15) is 28.1 Å². The van der Waals surface area contributed by atoms with Gasteiger partial charge >= 0.3 is 6.18 Å². The van der Waals surface area contributed by atoms with Crippen LogP contribution in [0.4, 0.5) is 18.9 Å². The summed E-state index contributed by atoms with van der Waals surface area (Å²) in [4.78, 5) is 22.6. The molecule has 3 rings (SSSR count). The van der Waals surface area contributed by atoms with Gasteiger partial charge < -0.3 is 4.57 Å². The van der Waals surface area contributed by atoms with Crippen molar-refractivity contribution in [2.24, 2.45) is 5.10 Å². The summed E-state index contributed by atoms with van der Waals surface area (Å²) in [5.74, 6) is -0.562. The number of hydrogen-bond acceptors (Lipinski definition) is 4. The van der Waals surface area contributed by atoms with Crippen molar-refractivity contribution in [3.05, 3.63) is 92.8 Å². The highest BCUT2D eigenvalue weighted by molar-refractivity contribution is 5.84. The van der Waals surface area contributed by atoms with E-state index in [4.69, 9.17) is 0 Å². The second-order valence-corrected chi connectivity index (χ2v) is 7.11. The molecule has 0 aliphatic rings. The molecule has 0 bridgehead atoms. The highest BCUT2D eigenvalue weighted by atomic mass is 19.4. The summed E-state index contributed by atoms with van der Waals surface area (Å²) in [5.41, 5.74) is 4.51. The van der Waals surface area contributed by atoms with Gasteiger partial charge in [0, 0.05) is 29.1 Å². The van der Waals surface area contributed by atoms with E-state index >= 15 is 0 Å². The molecule has 3 aromatic rings. The first-order chi connectivity index (χ1) is 15.1. The van der Waals surface area contributed by atoms with Crippen molar-refractivity contribution in [2.45, 2.75) is 26.4 Å². The van der Waals surface area contributed by atoms with Crippen molar-refractivity contribution in [1.82, 2.24) is 9.99 Å². The van der Waals surface area contributed by atoms with Gasteiger partial charge in [-0.15, -0.1) is 0 Å². The van der Waals surface area contributed by atoms with Crippen LogP contribution in [0.15, 0.2) is 59.7 Å². The molecule has 1 aromatic heterocycles. The average molecular weight is 444 g/mol.